The molecule has 3 N–H and O–H groups in total. The molecule has 0 saturated carbocycles. The fourth-order valence-electron chi connectivity index (χ4n) is 3.59. The number of ether oxygens (including phenoxy) is 1. The van der Waals surface area contributed by atoms with Crippen molar-refractivity contribution in [1.29, 1.82) is 0 Å². The summed E-state index contributed by atoms with van der Waals surface area (Å²) in [7, 11) is 0. The van der Waals surface area contributed by atoms with Gasteiger partial charge < -0.3 is 15.5 Å². The molecule has 0 fully saturated rings. The lowest BCUT2D eigenvalue weighted by atomic mass is 9.99. The fraction of sp³-hybridized carbons (Fsp3) is 0.167. The van der Waals surface area contributed by atoms with Gasteiger partial charge >= 0.3 is 0 Å². The third kappa shape index (κ3) is 4.35. The predicted octanol–water partition coefficient (Wildman–Crippen LogP) is 7.32. The van der Waals surface area contributed by atoms with Crippen molar-refractivity contribution in [1.82, 2.24) is 4.98 Å². The summed E-state index contributed by atoms with van der Waals surface area (Å²) in [6.45, 7) is 0.690. The SMILES string of the molecule is NCCCCc1c(-c2ccccc2Oc2ccccc2)[nH]c2c(Cl)cc(Br)cc12. The maximum Gasteiger partial charge on any atom is 0.136 e. The molecule has 148 valence electrons. The van der Waals surface area contributed by atoms with Gasteiger partial charge in [0.05, 0.1) is 16.2 Å². The number of hydrogen-bond donors (Lipinski definition) is 2. The summed E-state index contributed by atoms with van der Waals surface area (Å²) < 4.78 is 7.18. The summed E-state index contributed by atoms with van der Waals surface area (Å²) in [5.41, 5.74) is 9.98. The molecular formula is C24H22BrClN2O. The van der Waals surface area contributed by atoms with Gasteiger partial charge in [0, 0.05) is 15.4 Å². The van der Waals surface area contributed by atoms with E-state index in [0.29, 0.717) is 11.6 Å². The molecule has 0 spiro atoms. The van der Waals surface area contributed by atoms with Crippen molar-refractivity contribution >= 4 is 38.4 Å². The van der Waals surface area contributed by atoms with Crippen LogP contribution in [0, 0.1) is 0 Å². The molecule has 4 rings (SSSR count). The molecule has 0 radical (unpaired) electrons. The Labute approximate surface area is 184 Å². The van der Waals surface area contributed by atoms with E-state index in [1.54, 1.807) is 0 Å². The summed E-state index contributed by atoms with van der Waals surface area (Å²) in [6, 6.07) is 22.0. The number of H-pyrrole nitrogens is 1. The van der Waals surface area contributed by atoms with Gasteiger partial charge in [0.15, 0.2) is 0 Å². The van der Waals surface area contributed by atoms with Crippen molar-refractivity contribution in [2.75, 3.05) is 6.54 Å². The van der Waals surface area contributed by atoms with E-state index in [0.717, 1.165) is 57.4 Å². The van der Waals surface area contributed by atoms with Crippen molar-refractivity contribution in [3.63, 3.8) is 0 Å². The van der Waals surface area contributed by atoms with Crippen LogP contribution in [0.25, 0.3) is 22.2 Å². The lowest BCUT2D eigenvalue weighted by Gasteiger charge is -2.12. The zero-order chi connectivity index (χ0) is 20.2. The van der Waals surface area contributed by atoms with E-state index in [9.17, 15) is 0 Å². The number of hydrogen-bond acceptors (Lipinski definition) is 2. The summed E-state index contributed by atoms with van der Waals surface area (Å²) >= 11 is 10.1. The second-order valence-electron chi connectivity index (χ2n) is 6.95. The van der Waals surface area contributed by atoms with Crippen molar-refractivity contribution in [2.24, 2.45) is 5.73 Å². The van der Waals surface area contributed by atoms with Crippen molar-refractivity contribution in [3.8, 4) is 22.8 Å². The highest BCUT2D eigenvalue weighted by Gasteiger charge is 2.18. The number of aromatic nitrogens is 1. The summed E-state index contributed by atoms with van der Waals surface area (Å²) in [6.07, 6.45) is 2.91. The molecule has 1 aromatic heterocycles. The normalized spacial score (nSPS) is 11.1. The van der Waals surface area contributed by atoms with Crippen LogP contribution in [0.15, 0.2) is 71.2 Å². The molecule has 0 aliphatic carbocycles. The van der Waals surface area contributed by atoms with Gasteiger partial charge in [0.25, 0.3) is 0 Å². The van der Waals surface area contributed by atoms with Crippen molar-refractivity contribution < 1.29 is 4.74 Å². The predicted molar refractivity (Wildman–Crippen MR) is 125 cm³/mol. The van der Waals surface area contributed by atoms with Crippen LogP contribution in [0.1, 0.15) is 18.4 Å². The van der Waals surface area contributed by atoms with Gasteiger partial charge in [0.2, 0.25) is 0 Å². The highest BCUT2D eigenvalue weighted by Crippen LogP contribution is 2.40. The summed E-state index contributed by atoms with van der Waals surface area (Å²) in [5, 5.41) is 1.83. The number of nitrogens with one attached hydrogen (secondary N) is 1. The van der Waals surface area contributed by atoms with E-state index in [1.807, 2.05) is 54.6 Å². The minimum absolute atomic E-state index is 0.690. The quantitative estimate of drug-likeness (QED) is 0.278. The first-order chi connectivity index (χ1) is 14.2. The Kier molecular flexibility index (Phi) is 6.24. The highest BCUT2D eigenvalue weighted by molar-refractivity contribution is 9.10. The van der Waals surface area contributed by atoms with Crippen LogP contribution >= 0.6 is 27.5 Å². The van der Waals surface area contributed by atoms with Crippen molar-refractivity contribution in [2.45, 2.75) is 19.3 Å². The minimum Gasteiger partial charge on any atom is -0.457 e. The second-order valence-corrected chi connectivity index (χ2v) is 8.27. The van der Waals surface area contributed by atoms with E-state index in [2.05, 4.69) is 33.0 Å². The molecule has 3 nitrogen and oxygen atoms in total. The standard InChI is InChI=1S/C24H22BrClN2O/c25-16-14-20-18(10-6-7-13-27)23(28-24(20)21(26)15-16)19-11-4-5-12-22(19)29-17-8-2-1-3-9-17/h1-5,8-9,11-12,14-15,28H,6-7,10,13,27H2. The topological polar surface area (TPSA) is 51.0 Å². The number of nitrogens with two attached hydrogens (primary N) is 1. The van der Waals surface area contributed by atoms with Gasteiger partial charge in [-0.1, -0.05) is 57.9 Å². The van der Waals surface area contributed by atoms with E-state index in [4.69, 9.17) is 22.1 Å². The lowest BCUT2D eigenvalue weighted by Crippen LogP contribution is -1.99. The molecule has 0 aliphatic heterocycles. The number of aryl methyl sites for hydroxylation is 1. The van der Waals surface area contributed by atoms with Gasteiger partial charge in [-0.25, -0.2) is 0 Å². The van der Waals surface area contributed by atoms with Crippen LogP contribution < -0.4 is 10.5 Å². The largest absolute Gasteiger partial charge is 0.457 e. The minimum atomic E-state index is 0.690. The first-order valence-corrected chi connectivity index (χ1v) is 10.9. The Bertz CT molecular complexity index is 1120. The maximum atomic E-state index is 6.55. The number of unbranched alkanes of at least 4 members (excludes halogenated alkanes) is 1. The number of fused-ring (bicyclic) bond motifs is 1. The Morgan fingerprint density at radius 3 is 2.52 bits per heavy atom. The molecule has 3 aromatic carbocycles. The third-order valence-electron chi connectivity index (χ3n) is 4.94. The zero-order valence-corrected chi connectivity index (χ0v) is 18.3. The zero-order valence-electron chi connectivity index (χ0n) is 15.9. The number of benzene rings is 3. The van der Waals surface area contributed by atoms with Gasteiger partial charge in [-0.2, -0.15) is 0 Å². The molecule has 1 heterocycles. The number of halogens is 2. The van der Waals surface area contributed by atoms with Gasteiger partial charge in [0.1, 0.15) is 11.5 Å². The molecule has 0 atom stereocenters. The molecule has 0 amide bonds. The fourth-order valence-corrected chi connectivity index (χ4v) is 4.44. The first kappa shape index (κ1) is 20.0. The van der Waals surface area contributed by atoms with Crippen LogP contribution in [0.4, 0.5) is 0 Å². The molecule has 0 saturated heterocycles. The molecule has 5 heteroatoms. The molecule has 0 unspecified atom stereocenters. The number of aromatic amines is 1. The molecule has 0 bridgehead atoms. The third-order valence-corrected chi connectivity index (χ3v) is 5.70. The Hall–Kier alpha value is -2.27. The summed E-state index contributed by atoms with van der Waals surface area (Å²) in [5.74, 6) is 1.61. The van der Waals surface area contributed by atoms with Gasteiger partial charge in [-0.3, -0.25) is 0 Å². The van der Waals surface area contributed by atoms with E-state index >= 15 is 0 Å². The van der Waals surface area contributed by atoms with Crippen LogP contribution in [0.3, 0.4) is 0 Å². The second kappa shape index (κ2) is 9.04. The molecular weight excluding hydrogens is 448 g/mol. The van der Waals surface area contributed by atoms with E-state index in [-0.39, 0.29) is 0 Å². The first-order valence-electron chi connectivity index (χ1n) is 9.69. The number of rotatable bonds is 7. The average Bonchev–Trinajstić information content (AvgIpc) is 3.08. The van der Waals surface area contributed by atoms with E-state index < -0.39 is 0 Å². The van der Waals surface area contributed by atoms with Crippen LogP contribution in [-0.2, 0) is 6.42 Å². The van der Waals surface area contributed by atoms with Crippen LogP contribution in [0.2, 0.25) is 5.02 Å². The average molecular weight is 470 g/mol. The Morgan fingerprint density at radius 1 is 0.966 bits per heavy atom. The maximum absolute atomic E-state index is 6.55. The van der Waals surface area contributed by atoms with E-state index in [1.165, 1.54) is 5.56 Å². The van der Waals surface area contributed by atoms with Gasteiger partial charge in [-0.15, -0.1) is 0 Å². The number of para-hydroxylation sites is 2. The van der Waals surface area contributed by atoms with Crippen molar-refractivity contribution in [3.05, 3.63) is 81.8 Å². The van der Waals surface area contributed by atoms with Crippen LogP contribution in [-0.4, -0.2) is 11.5 Å². The molecule has 0 aliphatic rings. The Morgan fingerprint density at radius 2 is 1.72 bits per heavy atom. The highest BCUT2D eigenvalue weighted by atomic mass is 79.9. The Balaban J connectivity index is 1.85. The molecule has 4 aromatic rings. The van der Waals surface area contributed by atoms with Gasteiger partial charge in [-0.05, 0) is 67.8 Å². The lowest BCUT2D eigenvalue weighted by molar-refractivity contribution is 0.484. The summed E-state index contributed by atoms with van der Waals surface area (Å²) in [4.78, 5) is 3.57. The molecule has 29 heavy (non-hydrogen) atoms. The monoisotopic (exact) mass is 468 g/mol. The smallest absolute Gasteiger partial charge is 0.136 e. The van der Waals surface area contributed by atoms with Crippen LogP contribution in [0.5, 0.6) is 11.5 Å².